The van der Waals surface area contributed by atoms with Gasteiger partial charge < -0.3 is 20.2 Å². The van der Waals surface area contributed by atoms with Crippen molar-refractivity contribution in [3.63, 3.8) is 0 Å². The molecule has 0 bridgehead atoms. The highest BCUT2D eigenvalue weighted by atomic mass is 16.4. The summed E-state index contributed by atoms with van der Waals surface area (Å²) in [4.78, 5) is 31.6. The van der Waals surface area contributed by atoms with Gasteiger partial charge in [0.25, 0.3) is 0 Å². The van der Waals surface area contributed by atoms with Crippen molar-refractivity contribution in [3.8, 4) is 0 Å². The van der Waals surface area contributed by atoms with Crippen LogP contribution in [0.25, 0.3) is 0 Å². The van der Waals surface area contributed by atoms with Crippen molar-refractivity contribution >= 4 is 23.4 Å². The lowest BCUT2D eigenvalue weighted by atomic mass is 9.97. The van der Waals surface area contributed by atoms with E-state index in [1.807, 2.05) is 36.5 Å². The number of carboxylic acids is 1. The molecule has 7 nitrogen and oxygen atoms in total. The van der Waals surface area contributed by atoms with E-state index in [0.717, 1.165) is 35.6 Å². The maximum Gasteiger partial charge on any atom is 0.322 e. The van der Waals surface area contributed by atoms with E-state index in [0.29, 0.717) is 25.9 Å². The average Bonchev–Trinajstić information content (AvgIpc) is 3.13. The molecule has 1 saturated heterocycles. The summed E-state index contributed by atoms with van der Waals surface area (Å²) < 4.78 is 0. The summed E-state index contributed by atoms with van der Waals surface area (Å²) in [5, 5.41) is 12.0. The fourth-order valence-electron chi connectivity index (χ4n) is 3.71. The smallest absolute Gasteiger partial charge is 0.322 e. The van der Waals surface area contributed by atoms with Crippen molar-refractivity contribution in [2.45, 2.75) is 25.9 Å². The van der Waals surface area contributed by atoms with Crippen LogP contribution < -0.4 is 10.2 Å². The summed E-state index contributed by atoms with van der Waals surface area (Å²) >= 11 is 0. The molecule has 3 heterocycles. The quantitative estimate of drug-likeness (QED) is 0.872. The van der Waals surface area contributed by atoms with Crippen molar-refractivity contribution in [2.24, 2.45) is 5.92 Å². The summed E-state index contributed by atoms with van der Waals surface area (Å²) in [6.07, 6.45) is 4.89. The summed E-state index contributed by atoms with van der Waals surface area (Å²) in [6, 6.07) is 9.55. The number of anilines is 2. The van der Waals surface area contributed by atoms with E-state index in [-0.39, 0.29) is 11.9 Å². The third-order valence-corrected chi connectivity index (χ3v) is 5.34. The van der Waals surface area contributed by atoms with E-state index < -0.39 is 5.97 Å². The van der Waals surface area contributed by atoms with Crippen LogP contribution in [-0.4, -0.2) is 40.1 Å². The number of hydrogen-bond donors (Lipinski definition) is 2. The molecule has 2 N–H and O–H groups in total. The van der Waals surface area contributed by atoms with Gasteiger partial charge in [-0.25, -0.2) is 4.79 Å². The number of hydrogen-bond acceptors (Lipinski definition) is 4. The highest BCUT2D eigenvalue weighted by Gasteiger charge is 2.25. The molecule has 1 fully saturated rings. The minimum Gasteiger partial charge on any atom is -0.481 e. The van der Waals surface area contributed by atoms with Crippen LogP contribution in [-0.2, 0) is 17.9 Å². The largest absolute Gasteiger partial charge is 0.481 e. The normalized spacial score (nSPS) is 16.9. The number of carboxylic acid groups (broad SMARTS) is 1. The van der Waals surface area contributed by atoms with Crippen LogP contribution in [0.5, 0.6) is 0 Å². The van der Waals surface area contributed by atoms with Crippen molar-refractivity contribution in [1.29, 1.82) is 0 Å². The number of piperidine rings is 1. The van der Waals surface area contributed by atoms with Crippen molar-refractivity contribution in [2.75, 3.05) is 23.3 Å². The molecule has 2 aliphatic heterocycles. The number of fused-ring (bicyclic) bond motifs is 1. The number of carbonyl (C=O) groups is 2. The van der Waals surface area contributed by atoms with Gasteiger partial charge in [0.05, 0.1) is 5.92 Å². The second-order valence-corrected chi connectivity index (χ2v) is 7.08. The fraction of sp³-hybridized carbons (Fsp3) is 0.350. The van der Waals surface area contributed by atoms with E-state index in [9.17, 15) is 9.59 Å². The summed E-state index contributed by atoms with van der Waals surface area (Å²) in [7, 11) is 0. The third kappa shape index (κ3) is 3.72. The van der Waals surface area contributed by atoms with Crippen LogP contribution in [0.3, 0.4) is 0 Å². The van der Waals surface area contributed by atoms with Gasteiger partial charge in [-0.15, -0.1) is 0 Å². The molecule has 27 heavy (non-hydrogen) atoms. The van der Waals surface area contributed by atoms with Gasteiger partial charge in [0.1, 0.15) is 0 Å². The molecule has 1 aromatic heterocycles. The Bertz CT molecular complexity index is 820. The molecule has 0 aliphatic carbocycles. The molecule has 0 radical (unpaired) electrons. The van der Waals surface area contributed by atoms with Gasteiger partial charge in [-0.2, -0.15) is 0 Å². The van der Waals surface area contributed by atoms with Crippen molar-refractivity contribution in [1.82, 2.24) is 9.88 Å². The summed E-state index contributed by atoms with van der Waals surface area (Å²) in [5.74, 6) is -0.938. The molecule has 2 aliphatic rings. The number of aliphatic carboxylic acids is 1. The number of amides is 2. The number of benzene rings is 1. The Morgan fingerprint density at radius 2 is 1.74 bits per heavy atom. The lowest BCUT2D eigenvalue weighted by molar-refractivity contribution is -0.142. The second-order valence-electron chi connectivity index (χ2n) is 7.08. The van der Waals surface area contributed by atoms with Crippen LogP contribution >= 0.6 is 0 Å². The van der Waals surface area contributed by atoms with Gasteiger partial charge in [-0.1, -0.05) is 0 Å². The van der Waals surface area contributed by atoms with Gasteiger partial charge >= 0.3 is 12.0 Å². The topological polar surface area (TPSA) is 85.8 Å². The maximum atomic E-state index is 12.5. The highest BCUT2D eigenvalue weighted by Crippen LogP contribution is 2.26. The Morgan fingerprint density at radius 1 is 1.04 bits per heavy atom. The molecular formula is C20H22N4O3. The van der Waals surface area contributed by atoms with Crippen molar-refractivity contribution in [3.05, 3.63) is 53.9 Å². The first-order valence-corrected chi connectivity index (χ1v) is 9.15. The van der Waals surface area contributed by atoms with Crippen LogP contribution in [0, 0.1) is 5.92 Å². The third-order valence-electron chi connectivity index (χ3n) is 5.34. The minimum absolute atomic E-state index is 0.124. The standard InChI is InChI=1S/C20H22N4O3/c25-19(26)14-6-9-23(10-7-14)18-3-1-17(2-4-18)22-20(27)24-12-15-5-8-21-11-16(15)13-24/h1-5,8,11,14H,6-7,9-10,12-13H2,(H,22,27)(H,25,26). The van der Waals surface area contributed by atoms with E-state index in [1.54, 1.807) is 11.1 Å². The molecule has 0 unspecified atom stereocenters. The summed E-state index contributed by atoms with van der Waals surface area (Å²) in [5.41, 5.74) is 4.03. The molecular weight excluding hydrogens is 344 g/mol. The van der Waals surface area contributed by atoms with E-state index >= 15 is 0 Å². The lowest BCUT2D eigenvalue weighted by Gasteiger charge is -2.32. The zero-order valence-electron chi connectivity index (χ0n) is 15.0. The van der Waals surface area contributed by atoms with E-state index in [1.165, 1.54) is 0 Å². The highest BCUT2D eigenvalue weighted by molar-refractivity contribution is 5.89. The second kappa shape index (κ2) is 7.26. The van der Waals surface area contributed by atoms with Crippen LogP contribution in [0.1, 0.15) is 24.0 Å². The molecule has 4 rings (SSSR count). The number of nitrogens with one attached hydrogen (secondary N) is 1. The van der Waals surface area contributed by atoms with Gasteiger partial charge in [0.15, 0.2) is 0 Å². The monoisotopic (exact) mass is 366 g/mol. The number of aromatic nitrogens is 1. The van der Waals surface area contributed by atoms with Gasteiger partial charge in [-0.05, 0) is 54.3 Å². The lowest BCUT2D eigenvalue weighted by Crippen LogP contribution is -2.36. The van der Waals surface area contributed by atoms with Crippen LogP contribution in [0.2, 0.25) is 0 Å². The molecule has 1 aromatic carbocycles. The number of urea groups is 1. The first kappa shape index (κ1) is 17.3. The van der Waals surface area contributed by atoms with E-state index in [2.05, 4.69) is 15.2 Å². The first-order valence-electron chi connectivity index (χ1n) is 9.15. The number of nitrogens with zero attached hydrogens (tertiary/aromatic N) is 3. The van der Waals surface area contributed by atoms with Crippen molar-refractivity contribution < 1.29 is 14.7 Å². The molecule has 2 aromatic rings. The van der Waals surface area contributed by atoms with Crippen LogP contribution in [0.4, 0.5) is 16.2 Å². The molecule has 0 saturated carbocycles. The van der Waals surface area contributed by atoms with Gasteiger partial charge in [-0.3, -0.25) is 9.78 Å². The summed E-state index contributed by atoms with van der Waals surface area (Å²) in [6.45, 7) is 2.65. The first-order chi connectivity index (χ1) is 13.1. The molecule has 2 amide bonds. The maximum absolute atomic E-state index is 12.5. The number of rotatable bonds is 3. The minimum atomic E-state index is -0.701. The zero-order valence-corrected chi connectivity index (χ0v) is 15.0. The number of carbonyl (C=O) groups excluding carboxylic acids is 1. The Balaban J connectivity index is 1.33. The molecule has 0 atom stereocenters. The zero-order chi connectivity index (χ0) is 18.8. The Hall–Kier alpha value is -3.09. The Morgan fingerprint density at radius 3 is 2.41 bits per heavy atom. The Kier molecular flexibility index (Phi) is 4.66. The predicted octanol–water partition coefficient (Wildman–Crippen LogP) is 2.93. The number of pyridine rings is 1. The SMILES string of the molecule is O=C(O)C1CCN(c2ccc(NC(=O)N3Cc4ccncc4C3)cc2)CC1. The molecule has 7 heteroatoms. The predicted molar refractivity (Wildman–Crippen MR) is 102 cm³/mol. The molecule has 140 valence electrons. The van der Waals surface area contributed by atoms with Crippen LogP contribution in [0.15, 0.2) is 42.7 Å². The average molecular weight is 366 g/mol. The van der Waals surface area contributed by atoms with Gasteiger partial charge in [0, 0.05) is 49.9 Å². The Labute approximate surface area is 157 Å². The molecule has 0 spiro atoms. The van der Waals surface area contributed by atoms with Gasteiger partial charge in [0.2, 0.25) is 0 Å². The van der Waals surface area contributed by atoms with E-state index in [4.69, 9.17) is 5.11 Å². The fourth-order valence-corrected chi connectivity index (χ4v) is 3.71.